The van der Waals surface area contributed by atoms with Crippen LogP contribution < -0.4 is 0 Å². The molecule has 1 radical (unpaired) electrons. The summed E-state index contributed by atoms with van der Waals surface area (Å²) in [5, 5.41) is 0. The Hall–Kier alpha value is -1.47. The summed E-state index contributed by atoms with van der Waals surface area (Å²) in [6.45, 7) is 14.4. The van der Waals surface area contributed by atoms with Crippen molar-refractivity contribution in [1.82, 2.24) is 4.90 Å². The van der Waals surface area contributed by atoms with Gasteiger partial charge in [-0.2, -0.15) is 0 Å². The van der Waals surface area contributed by atoms with Crippen LogP contribution >= 0.6 is 0 Å². The molecule has 1 amide bonds. The first-order valence-corrected chi connectivity index (χ1v) is 11.1. The number of hydrogen-bond acceptors (Lipinski definition) is 5. The van der Waals surface area contributed by atoms with Crippen LogP contribution in [0.25, 0.3) is 0 Å². The second-order valence-corrected chi connectivity index (χ2v) is 10.1. The van der Waals surface area contributed by atoms with E-state index >= 15 is 0 Å². The molecule has 0 aliphatic carbocycles. The van der Waals surface area contributed by atoms with E-state index in [-0.39, 0.29) is 48.0 Å². The van der Waals surface area contributed by atoms with Gasteiger partial charge in [-0.15, -0.1) is 0 Å². The molecule has 0 aromatic heterocycles. The number of β-lactam (4-membered cyclic amide) rings is 1. The molecule has 4 atom stereocenters. The molecular weight excluding hydrogens is 338 g/mol. The number of amides is 1. The summed E-state index contributed by atoms with van der Waals surface area (Å²) in [4.78, 5) is 38.7. The molecule has 2 fully saturated rings. The number of nitrogens with zero attached hydrogens (tertiary/aromatic N) is 1. The Morgan fingerprint density at radius 3 is 2.56 bits per heavy atom. The van der Waals surface area contributed by atoms with Gasteiger partial charge in [0.15, 0.2) is 11.8 Å². The molecule has 0 unspecified atom stereocenters. The second kappa shape index (κ2) is 7.41. The van der Waals surface area contributed by atoms with Gasteiger partial charge in [0.25, 0.3) is 0 Å². The third-order valence-electron chi connectivity index (χ3n) is 4.97. The largest absolute Gasteiger partial charge is 0.460 e. The van der Waals surface area contributed by atoms with E-state index < -0.39 is 21.1 Å². The van der Waals surface area contributed by atoms with Crippen molar-refractivity contribution in [1.29, 1.82) is 0 Å². The lowest BCUT2D eigenvalue weighted by Crippen LogP contribution is -2.66. The van der Waals surface area contributed by atoms with Gasteiger partial charge in [0.2, 0.25) is 14.9 Å². The smallest absolute Gasteiger partial charge is 0.337 e. The maximum Gasteiger partial charge on any atom is 0.337 e. The van der Waals surface area contributed by atoms with Gasteiger partial charge in [-0.1, -0.05) is 33.4 Å². The molecule has 2 aliphatic rings. The number of ketones is 1. The number of hydrogen-bond donors (Lipinski definition) is 0. The van der Waals surface area contributed by atoms with E-state index in [4.69, 9.17) is 9.16 Å². The van der Waals surface area contributed by atoms with Crippen LogP contribution in [-0.4, -0.2) is 56.9 Å². The predicted octanol–water partition coefficient (Wildman–Crippen LogP) is 1.81. The summed E-state index contributed by atoms with van der Waals surface area (Å²) in [5.74, 6) is -1.30. The van der Waals surface area contributed by atoms with E-state index in [1.165, 1.54) is 11.0 Å². The van der Waals surface area contributed by atoms with Gasteiger partial charge in [0, 0.05) is 13.0 Å². The van der Waals surface area contributed by atoms with Crippen LogP contribution in [-0.2, 0) is 23.5 Å². The van der Waals surface area contributed by atoms with Crippen LogP contribution in [0.15, 0.2) is 12.7 Å². The van der Waals surface area contributed by atoms with Gasteiger partial charge in [0.05, 0.1) is 12.0 Å². The molecule has 0 aromatic carbocycles. The normalized spacial score (nSPS) is 27.1. The maximum absolute atomic E-state index is 12.8. The minimum Gasteiger partial charge on any atom is -0.460 e. The second-order valence-electron chi connectivity index (χ2n) is 8.02. The zero-order valence-electron chi connectivity index (χ0n) is 15.7. The fourth-order valence-electron chi connectivity index (χ4n) is 3.66. The summed E-state index contributed by atoms with van der Waals surface area (Å²) in [7, 11) is -0.865. The fraction of sp³-hybridized carbons (Fsp3) is 0.722. The number of ether oxygens (including phenoxy) is 1. The number of esters is 1. The van der Waals surface area contributed by atoms with Crippen molar-refractivity contribution >= 4 is 26.7 Å². The molecule has 2 rings (SSSR count). The molecule has 0 N–H and O–H groups in total. The molecule has 2 aliphatic heterocycles. The number of carbonyl (C=O) groups excluding carboxylic acids is 3. The van der Waals surface area contributed by atoms with Crippen molar-refractivity contribution in [3.8, 4) is 0 Å². The third-order valence-corrected chi connectivity index (χ3v) is 5.71. The van der Waals surface area contributed by atoms with Crippen molar-refractivity contribution in [2.75, 3.05) is 13.2 Å². The van der Waals surface area contributed by atoms with E-state index in [2.05, 4.69) is 40.4 Å². The topological polar surface area (TPSA) is 72.9 Å². The van der Waals surface area contributed by atoms with Gasteiger partial charge in [0.1, 0.15) is 6.61 Å². The molecular formula is C18H28NO5Si. The van der Waals surface area contributed by atoms with Gasteiger partial charge in [-0.25, -0.2) is 4.79 Å². The summed E-state index contributed by atoms with van der Waals surface area (Å²) >= 11 is 0. The lowest BCUT2D eigenvalue weighted by molar-refractivity contribution is -0.173. The fourth-order valence-corrected chi connectivity index (χ4v) is 4.17. The Kier molecular flexibility index (Phi) is 5.88. The van der Waals surface area contributed by atoms with Crippen LogP contribution in [0.3, 0.4) is 0 Å². The molecule has 0 bridgehead atoms. The number of Topliss-reactive ketones (excluding diaryl/α,β-unsaturated/α-hetero) is 1. The molecule has 25 heavy (non-hydrogen) atoms. The van der Waals surface area contributed by atoms with Crippen molar-refractivity contribution in [2.45, 2.75) is 52.4 Å². The first kappa shape index (κ1) is 19.8. The van der Waals surface area contributed by atoms with Crippen LogP contribution in [0.5, 0.6) is 0 Å². The summed E-state index contributed by atoms with van der Waals surface area (Å²) in [6, 6.07) is -1.31. The Balaban J connectivity index is 2.16. The highest BCUT2D eigenvalue weighted by Gasteiger charge is 2.63. The van der Waals surface area contributed by atoms with Crippen LogP contribution in [0.1, 0.15) is 27.2 Å². The predicted molar refractivity (Wildman–Crippen MR) is 95.1 cm³/mol. The Morgan fingerprint density at radius 2 is 2.04 bits per heavy atom. The average Bonchev–Trinajstić information content (AvgIpc) is 2.80. The summed E-state index contributed by atoms with van der Waals surface area (Å²) < 4.78 is 10.9. The Morgan fingerprint density at radius 1 is 1.40 bits per heavy atom. The minimum atomic E-state index is -1.09. The van der Waals surface area contributed by atoms with E-state index in [1.54, 1.807) is 0 Å². The molecule has 139 valence electrons. The van der Waals surface area contributed by atoms with Crippen LogP contribution in [0.4, 0.5) is 0 Å². The van der Waals surface area contributed by atoms with Gasteiger partial charge in [-0.3, -0.25) is 9.59 Å². The lowest BCUT2D eigenvalue weighted by Gasteiger charge is -2.50. The highest BCUT2D eigenvalue weighted by atomic mass is 28.3. The number of rotatable bonds is 7. The lowest BCUT2D eigenvalue weighted by atomic mass is 9.67. The standard InChI is InChI=1S/C18H28NO5Si/c1-7-8-23-17(22)15-13(20)9-12-14(16(21)19(12)15)11(18(2,3)4)10-24-25(5)6/h7,11-12,14-15H,1,8-10H2,2-6H3/t11-,12-,14+,15+/m1/s1. The van der Waals surface area contributed by atoms with E-state index in [9.17, 15) is 14.4 Å². The molecule has 0 spiro atoms. The van der Waals surface area contributed by atoms with Gasteiger partial charge in [-0.05, 0) is 24.4 Å². The van der Waals surface area contributed by atoms with Crippen molar-refractivity contribution in [2.24, 2.45) is 17.3 Å². The van der Waals surface area contributed by atoms with Crippen LogP contribution in [0, 0.1) is 17.3 Å². The quantitative estimate of drug-likeness (QED) is 0.226. The minimum absolute atomic E-state index is 0.0110. The molecule has 2 saturated heterocycles. The summed E-state index contributed by atoms with van der Waals surface area (Å²) in [5.41, 5.74) is -0.131. The number of fused-ring (bicyclic) bond motifs is 1. The highest BCUT2D eigenvalue weighted by Crippen LogP contribution is 2.47. The average molecular weight is 367 g/mol. The molecule has 7 heteroatoms. The van der Waals surface area contributed by atoms with E-state index in [0.717, 1.165) is 0 Å². The zero-order chi connectivity index (χ0) is 18.9. The SMILES string of the molecule is C=CCOC(=O)[C@@H]1C(=O)C[C@@H]2[C@H]([C@@H](CO[Si](C)C)C(C)(C)C)C(=O)N12. The third kappa shape index (κ3) is 3.87. The zero-order valence-corrected chi connectivity index (χ0v) is 16.7. The van der Waals surface area contributed by atoms with Crippen molar-refractivity contribution in [3.63, 3.8) is 0 Å². The van der Waals surface area contributed by atoms with Gasteiger partial charge < -0.3 is 14.1 Å². The number of carbonyl (C=O) groups is 3. The Labute approximate surface area is 151 Å². The first-order valence-electron chi connectivity index (χ1n) is 8.65. The van der Waals surface area contributed by atoms with E-state index in [1.807, 2.05) is 0 Å². The summed E-state index contributed by atoms with van der Waals surface area (Å²) in [6.07, 6.45) is 1.66. The first-order chi connectivity index (χ1) is 11.6. The molecule has 6 nitrogen and oxygen atoms in total. The molecule has 0 aromatic rings. The monoisotopic (exact) mass is 366 g/mol. The van der Waals surface area contributed by atoms with Gasteiger partial charge >= 0.3 is 5.97 Å². The van der Waals surface area contributed by atoms with Crippen LogP contribution in [0.2, 0.25) is 13.1 Å². The van der Waals surface area contributed by atoms with E-state index in [0.29, 0.717) is 6.61 Å². The highest BCUT2D eigenvalue weighted by molar-refractivity contribution is 6.48. The molecule has 0 saturated carbocycles. The maximum atomic E-state index is 12.8. The molecule has 2 heterocycles. The Bertz CT molecular complexity index is 568. The van der Waals surface area contributed by atoms with Crippen molar-refractivity contribution in [3.05, 3.63) is 12.7 Å². The van der Waals surface area contributed by atoms with Crippen molar-refractivity contribution < 1.29 is 23.5 Å².